The molecule has 42 heavy (non-hydrogen) atoms. The third-order valence-corrected chi connectivity index (χ3v) is 8.16. The Bertz CT molecular complexity index is 1900. The number of thiazole rings is 1. The molecule has 0 saturated carbocycles. The highest BCUT2D eigenvalue weighted by Crippen LogP contribution is 2.34. The molecule has 12 heteroatoms. The Hall–Kier alpha value is -4.30. The van der Waals surface area contributed by atoms with Crippen LogP contribution in [-0.2, 0) is 9.59 Å². The first-order chi connectivity index (χ1) is 20.2. The molecular weight excluding hydrogens is 676 g/mol. The number of nitrogens with one attached hydrogen (secondary N) is 1. The van der Waals surface area contributed by atoms with E-state index in [2.05, 4.69) is 10.3 Å². The van der Waals surface area contributed by atoms with Gasteiger partial charge in [0.15, 0.2) is 22.9 Å². The molecule has 0 aliphatic carbocycles. The number of methoxy groups -OCH3 is 1. The molecule has 2 heterocycles. The smallest absolute Gasteiger partial charge is 0.341 e. The molecular formula is C30H23FIN3O6S. The molecule has 0 spiro atoms. The van der Waals surface area contributed by atoms with Gasteiger partial charge in [-0.05, 0) is 83.1 Å². The van der Waals surface area contributed by atoms with Crippen molar-refractivity contribution in [1.82, 2.24) is 4.57 Å². The molecule has 9 nitrogen and oxygen atoms in total. The van der Waals surface area contributed by atoms with Crippen LogP contribution in [0.15, 0.2) is 87.8 Å². The van der Waals surface area contributed by atoms with Crippen LogP contribution in [0.5, 0.6) is 11.5 Å². The highest BCUT2D eigenvalue weighted by atomic mass is 127. The molecule has 1 amide bonds. The Morgan fingerprint density at radius 3 is 2.55 bits per heavy atom. The van der Waals surface area contributed by atoms with E-state index in [9.17, 15) is 18.8 Å². The highest BCUT2D eigenvalue weighted by Gasteiger charge is 2.32. The molecule has 4 aromatic rings. The number of rotatable bonds is 8. The van der Waals surface area contributed by atoms with Gasteiger partial charge in [-0.25, -0.2) is 14.2 Å². The zero-order valence-corrected chi connectivity index (χ0v) is 25.2. The fourth-order valence-corrected chi connectivity index (χ4v) is 6.37. The quantitative estimate of drug-likeness (QED) is 0.268. The van der Waals surface area contributed by atoms with E-state index in [1.807, 2.05) is 28.7 Å². The largest absolute Gasteiger partial charge is 0.493 e. The number of ether oxygens (including phenoxy) is 2. The second kappa shape index (κ2) is 12.3. The minimum Gasteiger partial charge on any atom is -0.493 e. The van der Waals surface area contributed by atoms with Crippen LogP contribution in [0.25, 0.3) is 6.08 Å². The second-order valence-electron chi connectivity index (χ2n) is 9.17. The summed E-state index contributed by atoms with van der Waals surface area (Å²) >= 11 is 3.16. The number of carbonyl (C=O) groups excluding carboxylic acids is 1. The zero-order valence-electron chi connectivity index (χ0n) is 22.3. The standard InChI is InChI=1S/C30H23FIN3O6S/c1-16-25(28(38)34-20-6-4-3-5-7-20)26(18-8-10-19(31)11-9-18)35-29(39)23(42-30(35)33-16)14-17-12-21(32)27(22(13-17)40-2)41-15-24(36)37/h3-14,26H,15H2,1-2H3,(H,34,38)(H,36,37)/b23-14-/t26-/m0/s1. The number of anilines is 1. The maximum Gasteiger partial charge on any atom is 0.341 e. The third-order valence-electron chi connectivity index (χ3n) is 6.37. The van der Waals surface area contributed by atoms with Crippen LogP contribution in [0.4, 0.5) is 10.1 Å². The van der Waals surface area contributed by atoms with E-state index in [1.54, 1.807) is 61.5 Å². The Labute approximate surface area is 256 Å². The third kappa shape index (κ3) is 5.99. The number of allylic oxidation sites excluding steroid dienone is 1. The monoisotopic (exact) mass is 699 g/mol. The number of aromatic nitrogens is 1. The second-order valence-corrected chi connectivity index (χ2v) is 11.3. The van der Waals surface area contributed by atoms with Crippen molar-refractivity contribution in [2.24, 2.45) is 4.99 Å². The number of benzene rings is 3. The molecule has 214 valence electrons. The van der Waals surface area contributed by atoms with Gasteiger partial charge in [0.25, 0.3) is 11.5 Å². The van der Waals surface area contributed by atoms with Crippen molar-refractivity contribution in [3.8, 4) is 11.5 Å². The number of carboxylic acids is 1. The van der Waals surface area contributed by atoms with Crippen molar-refractivity contribution < 1.29 is 28.6 Å². The van der Waals surface area contributed by atoms with Gasteiger partial charge in [0.1, 0.15) is 5.82 Å². The summed E-state index contributed by atoms with van der Waals surface area (Å²) in [6.45, 7) is 1.17. The van der Waals surface area contributed by atoms with Gasteiger partial charge in [-0.1, -0.05) is 41.7 Å². The molecule has 0 fully saturated rings. The highest BCUT2D eigenvalue weighted by molar-refractivity contribution is 14.1. The van der Waals surface area contributed by atoms with E-state index in [4.69, 9.17) is 14.6 Å². The maximum absolute atomic E-state index is 13.9. The fraction of sp³-hybridized carbons (Fsp3) is 0.133. The summed E-state index contributed by atoms with van der Waals surface area (Å²) in [7, 11) is 1.43. The number of fused-ring (bicyclic) bond motifs is 1. The SMILES string of the molecule is COc1cc(/C=c2\sc3n(c2=O)[C@@H](c2ccc(F)cc2)C(C(=O)Nc2ccccc2)=C(C)N=3)cc(I)c1OCC(=O)O. The topological polar surface area (TPSA) is 119 Å². The van der Waals surface area contributed by atoms with Gasteiger partial charge in [-0.15, -0.1) is 0 Å². The molecule has 0 radical (unpaired) electrons. The maximum atomic E-state index is 13.9. The van der Waals surface area contributed by atoms with Crippen molar-refractivity contribution >= 4 is 57.6 Å². The number of para-hydroxylation sites is 1. The number of hydrogen-bond acceptors (Lipinski definition) is 7. The molecule has 1 aliphatic heterocycles. The molecule has 0 bridgehead atoms. The lowest BCUT2D eigenvalue weighted by molar-refractivity contribution is -0.139. The van der Waals surface area contributed by atoms with Gasteiger partial charge >= 0.3 is 5.97 Å². The van der Waals surface area contributed by atoms with Crippen LogP contribution >= 0.6 is 33.9 Å². The van der Waals surface area contributed by atoms with E-state index in [0.29, 0.717) is 41.2 Å². The molecule has 5 rings (SSSR count). The molecule has 3 aromatic carbocycles. The molecule has 1 aliphatic rings. The number of nitrogens with zero attached hydrogens (tertiary/aromatic N) is 2. The predicted octanol–water partition coefficient (Wildman–Crippen LogP) is 4.09. The summed E-state index contributed by atoms with van der Waals surface area (Å²) in [6, 6.07) is 17.1. The first-order valence-electron chi connectivity index (χ1n) is 12.5. The summed E-state index contributed by atoms with van der Waals surface area (Å²) < 4.78 is 27.1. The van der Waals surface area contributed by atoms with E-state index in [-0.39, 0.29) is 16.9 Å². The lowest BCUT2D eigenvalue weighted by Gasteiger charge is -2.25. The average molecular weight is 699 g/mol. The molecule has 2 N–H and O–H groups in total. The molecule has 1 aromatic heterocycles. The lowest BCUT2D eigenvalue weighted by Crippen LogP contribution is -2.40. The number of halogens is 2. The molecule has 0 saturated heterocycles. The van der Waals surface area contributed by atoms with Crippen molar-refractivity contribution in [1.29, 1.82) is 0 Å². The molecule has 0 unspecified atom stereocenters. The average Bonchev–Trinajstić information content (AvgIpc) is 3.26. The van der Waals surface area contributed by atoms with Gasteiger partial charge in [0.05, 0.1) is 32.5 Å². The summed E-state index contributed by atoms with van der Waals surface area (Å²) in [5.74, 6) is -1.41. The number of carboxylic acid groups (broad SMARTS) is 1. The van der Waals surface area contributed by atoms with Gasteiger partial charge < -0.3 is 19.9 Å². The van der Waals surface area contributed by atoms with Gasteiger partial charge in [-0.2, -0.15) is 0 Å². The van der Waals surface area contributed by atoms with Crippen molar-refractivity contribution in [3.63, 3.8) is 0 Å². The van der Waals surface area contributed by atoms with E-state index in [1.165, 1.54) is 23.8 Å². The summed E-state index contributed by atoms with van der Waals surface area (Å²) in [6.07, 6.45) is 1.67. The summed E-state index contributed by atoms with van der Waals surface area (Å²) in [5.41, 5.74) is 2.05. The molecule has 1 atom stereocenters. The first kappa shape index (κ1) is 29.2. The minimum absolute atomic E-state index is 0.264. The van der Waals surface area contributed by atoms with Gasteiger partial charge in [0, 0.05) is 5.69 Å². The van der Waals surface area contributed by atoms with Crippen molar-refractivity contribution in [3.05, 3.63) is 118 Å². The van der Waals surface area contributed by atoms with Crippen molar-refractivity contribution in [2.75, 3.05) is 19.0 Å². The van der Waals surface area contributed by atoms with Crippen molar-refractivity contribution in [2.45, 2.75) is 13.0 Å². The number of amides is 1. The van der Waals surface area contributed by atoms with E-state index >= 15 is 0 Å². The Morgan fingerprint density at radius 2 is 1.88 bits per heavy atom. The normalized spacial score (nSPS) is 14.7. The Morgan fingerprint density at radius 1 is 1.17 bits per heavy atom. The zero-order chi connectivity index (χ0) is 30.0. The van der Waals surface area contributed by atoms with Gasteiger partial charge in [0.2, 0.25) is 0 Å². The Kier molecular flexibility index (Phi) is 8.54. The van der Waals surface area contributed by atoms with Crippen LogP contribution in [0.2, 0.25) is 0 Å². The summed E-state index contributed by atoms with van der Waals surface area (Å²) in [5, 5.41) is 11.9. The number of aliphatic carboxylic acids is 1. The number of hydrogen-bond donors (Lipinski definition) is 2. The first-order valence-corrected chi connectivity index (χ1v) is 14.4. The number of carbonyl (C=O) groups is 2. The van der Waals surface area contributed by atoms with Crippen LogP contribution in [-0.4, -0.2) is 35.3 Å². The minimum atomic E-state index is -1.12. The predicted molar refractivity (Wildman–Crippen MR) is 164 cm³/mol. The van der Waals surface area contributed by atoms with Crippen LogP contribution in [0.1, 0.15) is 24.1 Å². The van der Waals surface area contributed by atoms with E-state index < -0.39 is 30.3 Å². The Balaban J connectivity index is 1.63. The lowest BCUT2D eigenvalue weighted by atomic mass is 9.95. The van der Waals surface area contributed by atoms with Crippen LogP contribution < -0.4 is 29.7 Å². The van der Waals surface area contributed by atoms with E-state index in [0.717, 1.165) is 11.3 Å². The fourth-order valence-electron chi connectivity index (χ4n) is 4.54. The summed E-state index contributed by atoms with van der Waals surface area (Å²) in [4.78, 5) is 43.5. The van der Waals surface area contributed by atoms with Crippen LogP contribution in [0, 0.1) is 9.39 Å². The van der Waals surface area contributed by atoms with Gasteiger partial charge in [-0.3, -0.25) is 14.2 Å². The van der Waals surface area contributed by atoms with Crippen LogP contribution in [0.3, 0.4) is 0 Å².